The van der Waals surface area contributed by atoms with Crippen LogP contribution in [0.3, 0.4) is 0 Å². The van der Waals surface area contributed by atoms with Crippen LogP contribution in [0.5, 0.6) is 0 Å². The maximum Gasteiger partial charge on any atom is 0.236 e. The summed E-state index contributed by atoms with van der Waals surface area (Å²) in [6, 6.07) is 0. The third kappa shape index (κ3) is 25.9. The van der Waals surface area contributed by atoms with Gasteiger partial charge in [0.1, 0.15) is 0 Å². The minimum Gasteiger partial charge on any atom is -0.0788 e. The second-order valence-electron chi connectivity index (χ2n) is 0.214. The van der Waals surface area contributed by atoms with E-state index in [9.17, 15) is 0 Å². The standard InChI is InChI=1S/CCl3.Tl/c2-1(3)4;. The monoisotopic (exact) mass is 322 g/mol. The van der Waals surface area contributed by atoms with Crippen molar-refractivity contribution in [2.75, 3.05) is 0 Å². The average molecular weight is 323 g/mol. The van der Waals surface area contributed by atoms with E-state index in [0.29, 0.717) is 0 Å². The van der Waals surface area contributed by atoms with Crippen molar-refractivity contribution >= 4 is 62.1 Å². The van der Waals surface area contributed by atoms with Crippen molar-refractivity contribution in [3.63, 3.8) is 0 Å². The Morgan fingerprint density at radius 2 is 1.00 bits per heavy atom. The average Bonchev–Trinajstić information content (AvgIpc) is 0.811. The first-order chi connectivity index (χ1) is 1.73. The molecule has 0 spiro atoms. The number of rotatable bonds is 0. The van der Waals surface area contributed by atoms with E-state index in [1.165, 1.54) is 0 Å². The van der Waals surface area contributed by atoms with Crippen LogP contribution in [-0.2, 0) is 0 Å². The largest absolute Gasteiger partial charge is 0.236 e. The van der Waals surface area contributed by atoms with Gasteiger partial charge in [-0.2, -0.15) is 0 Å². The summed E-state index contributed by atoms with van der Waals surface area (Å²) in [6.45, 7) is 0. The summed E-state index contributed by atoms with van der Waals surface area (Å²) < 4.78 is -0.167. The molecule has 0 fully saturated rings. The maximum atomic E-state index is 4.72. The Hall–Kier alpha value is 1.79. The van der Waals surface area contributed by atoms with Gasteiger partial charge in [-0.3, -0.25) is 0 Å². The summed E-state index contributed by atoms with van der Waals surface area (Å²) in [6.07, 6.45) is 0. The predicted molar refractivity (Wildman–Crippen MR) is 26.6 cm³/mol. The molecule has 0 aromatic rings. The van der Waals surface area contributed by atoms with Crippen molar-refractivity contribution in [2.45, 2.75) is 0 Å². The quantitative estimate of drug-likeness (QED) is 0.596. The van der Waals surface area contributed by atoms with Crippen LogP contribution in [0, 0.1) is 4.30 Å². The molecule has 0 heterocycles. The van der Waals surface area contributed by atoms with E-state index < -0.39 is 0 Å². The van der Waals surface area contributed by atoms with Crippen LogP contribution in [0.15, 0.2) is 0 Å². The van der Waals surface area contributed by atoms with Gasteiger partial charge >= 0.3 is 0 Å². The molecule has 28 valence electrons. The first-order valence-electron chi connectivity index (χ1n) is 0.567. The van der Waals surface area contributed by atoms with E-state index >= 15 is 0 Å². The summed E-state index contributed by atoms with van der Waals surface area (Å²) in [7, 11) is 0. The van der Waals surface area contributed by atoms with Crippen LogP contribution in [0.1, 0.15) is 0 Å². The summed E-state index contributed by atoms with van der Waals surface area (Å²) >= 11 is 14.2. The van der Waals surface area contributed by atoms with Crippen LogP contribution >= 0.6 is 34.8 Å². The number of halogens is 3. The second kappa shape index (κ2) is 5.79. The molecule has 0 bridgehead atoms. The Morgan fingerprint density at radius 1 is 1.00 bits per heavy atom. The first kappa shape index (κ1) is 9.92. The fourth-order valence-corrected chi connectivity index (χ4v) is 0. The van der Waals surface area contributed by atoms with Crippen LogP contribution < -0.4 is 0 Å². The van der Waals surface area contributed by atoms with E-state index in [2.05, 4.69) is 0 Å². The van der Waals surface area contributed by atoms with Crippen molar-refractivity contribution in [3.05, 3.63) is 4.30 Å². The molecule has 0 saturated heterocycles. The smallest absolute Gasteiger partial charge is 0.0788 e. The molecular weight excluding hydrogens is 323 g/mol. The van der Waals surface area contributed by atoms with Crippen molar-refractivity contribution < 1.29 is 0 Å². The molecule has 0 aliphatic heterocycles. The second-order valence-corrected chi connectivity index (χ2v) is 1.93. The normalized spacial score (nSPS) is 7.20. The fraction of sp³-hybridized carbons (Fsp3) is 0. The SMILES string of the molecule is Cl[C](Cl)Cl.[Tl]. The van der Waals surface area contributed by atoms with Crippen molar-refractivity contribution in [1.82, 2.24) is 0 Å². The van der Waals surface area contributed by atoms with Crippen LogP contribution in [0.2, 0.25) is 0 Å². The van der Waals surface area contributed by atoms with Crippen LogP contribution in [0.25, 0.3) is 0 Å². The molecule has 0 rings (SSSR count). The van der Waals surface area contributed by atoms with Crippen LogP contribution in [-0.4, -0.2) is 27.3 Å². The summed E-state index contributed by atoms with van der Waals surface area (Å²) in [5.41, 5.74) is 0. The molecule has 4 heteroatoms. The van der Waals surface area contributed by atoms with Crippen molar-refractivity contribution in [1.29, 1.82) is 0 Å². The summed E-state index contributed by atoms with van der Waals surface area (Å²) in [5, 5.41) is 0. The van der Waals surface area contributed by atoms with Crippen molar-refractivity contribution in [2.24, 2.45) is 0 Å². The third-order valence-corrected chi connectivity index (χ3v) is 0. The molecule has 0 aliphatic carbocycles. The van der Waals surface area contributed by atoms with E-state index in [4.69, 9.17) is 34.8 Å². The van der Waals surface area contributed by atoms with Gasteiger partial charge in [-0.1, -0.05) is 34.8 Å². The molecule has 0 N–H and O–H groups in total. The Labute approximate surface area is 65.9 Å². The molecular formula is CCl3Tl. The molecule has 0 nitrogen and oxygen atoms in total. The van der Waals surface area contributed by atoms with E-state index in [1.807, 2.05) is 0 Å². The predicted octanol–water partition coefficient (Wildman–Crippen LogP) is 1.77. The molecule has 0 unspecified atom stereocenters. The van der Waals surface area contributed by atoms with Crippen molar-refractivity contribution in [3.8, 4) is 0 Å². The van der Waals surface area contributed by atoms with Gasteiger partial charge < -0.3 is 0 Å². The van der Waals surface area contributed by atoms with E-state index in [1.54, 1.807) is 0 Å². The third-order valence-electron chi connectivity index (χ3n) is 0. The minimum atomic E-state index is -0.167. The number of hydrogen-bond acceptors (Lipinski definition) is 0. The Morgan fingerprint density at radius 3 is 1.00 bits per heavy atom. The molecule has 0 saturated carbocycles. The molecule has 5 heavy (non-hydrogen) atoms. The topological polar surface area (TPSA) is 0 Å². The summed E-state index contributed by atoms with van der Waals surface area (Å²) in [4.78, 5) is 0. The Balaban J connectivity index is 0. The Kier molecular flexibility index (Phi) is 11.5. The van der Waals surface area contributed by atoms with Gasteiger partial charge in [0, 0.05) is 27.3 Å². The molecule has 0 atom stereocenters. The van der Waals surface area contributed by atoms with Gasteiger partial charge in [-0.05, 0) is 0 Å². The molecule has 0 aromatic carbocycles. The zero-order valence-electron chi connectivity index (χ0n) is 2.21. The maximum absolute atomic E-state index is 4.72. The van der Waals surface area contributed by atoms with Crippen LogP contribution in [0.4, 0.5) is 0 Å². The van der Waals surface area contributed by atoms with Gasteiger partial charge in [0.2, 0.25) is 4.30 Å². The van der Waals surface area contributed by atoms with E-state index in [0.717, 1.165) is 0 Å². The van der Waals surface area contributed by atoms with Gasteiger partial charge in [0.15, 0.2) is 0 Å². The number of hydrogen-bond donors (Lipinski definition) is 0. The van der Waals surface area contributed by atoms with Gasteiger partial charge in [-0.25, -0.2) is 0 Å². The zero-order chi connectivity index (χ0) is 3.58. The van der Waals surface area contributed by atoms with Gasteiger partial charge in [0.25, 0.3) is 0 Å². The van der Waals surface area contributed by atoms with Gasteiger partial charge in [-0.15, -0.1) is 0 Å². The first-order valence-corrected chi connectivity index (χ1v) is 1.70. The van der Waals surface area contributed by atoms with E-state index in [-0.39, 0.29) is 31.6 Å². The Bertz CT molecular complexity index is 11.6. The van der Waals surface area contributed by atoms with Gasteiger partial charge in [0.05, 0.1) is 0 Å². The molecule has 0 aromatic heterocycles. The molecule has 0 amide bonds. The fourth-order valence-electron chi connectivity index (χ4n) is 0. The summed E-state index contributed by atoms with van der Waals surface area (Å²) in [5.74, 6) is 0. The minimum absolute atomic E-state index is 0. The zero-order valence-corrected chi connectivity index (χ0v) is 8.97. The molecule has 2 radical (unpaired) electrons. The molecule has 0 aliphatic rings.